The van der Waals surface area contributed by atoms with Crippen molar-refractivity contribution in [3.63, 3.8) is 0 Å². The van der Waals surface area contributed by atoms with Crippen molar-refractivity contribution in [3.05, 3.63) is 82.2 Å². The smallest absolute Gasteiger partial charge is 0.342 e. The van der Waals surface area contributed by atoms with Gasteiger partial charge in [-0.25, -0.2) is 9.59 Å². The first-order valence-electron chi connectivity index (χ1n) is 8.55. The first kappa shape index (κ1) is 17.6. The van der Waals surface area contributed by atoms with E-state index in [1.165, 1.54) is 25.3 Å². The van der Waals surface area contributed by atoms with E-state index >= 15 is 0 Å². The summed E-state index contributed by atoms with van der Waals surface area (Å²) in [6.45, 7) is -0.123. The minimum Gasteiger partial charge on any atom is -0.508 e. The lowest BCUT2D eigenvalue weighted by molar-refractivity contribution is 0.0470. The Bertz CT molecular complexity index is 1260. The van der Waals surface area contributed by atoms with E-state index < -0.39 is 11.6 Å². The Morgan fingerprint density at radius 2 is 1.79 bits per heavy atom. The second kappa shape index (κ2) is 7.08. The molecule has 6 heteroatoms. The standard InChI is InChI=1S/C22H16O6/c1-26-19-9-14-5-3-2-4-13(14)8-18(19)22(25)27-12-15-10-21(24)28-20-11-16(23)6-7-17(15)20/h2-11,23H,12H2,1H3. The number of methoxy groups -OCH3 is 1. The van der Waals surface area contributed by atoms with Crippen LogP contribution in [0.3, 0.4) is 0 Å². The molecule has 0 atom stereocenters. The quantitative estimate of drug-likeness (QED) is 0.428. The number of aromatic hydroxyl groups is 1. The SMILES string of the molecule is COc1cc2ccccc2cc1C(=O)OCc1cc(=O)oc2cc(O)ccc12. The number of carbonyl (C=O) groups is 1. The van der Waals surface area contributed by atoms with Gasteiger partial charge in [-0.15, -0.1) is 0 Å². The maximum atomic E-state index is 12.7. The number of esters is 1. The van der Waals surface area contributed by atoms with Gasteiger partial charge in [-0.1, -0.05) is 24.3 Å². The van der Waals surface area contributed by atoms with Gasteiger partial charge in [-0.2, -0.15) is 0 Å². The highest BCUT2D eigenvalue weighted by molar-refractivity contribution is 5.98. The molecule has 0 saturated heterocycles. The zero-order valence-electron chi connectivity index (χ0n) is 15.0. The van der Waals surface area contributed by atoms with E-state index in [1.54, 1.807) is 18.2 Å². The van der Waals surface area contributed by atoms with Crippen molar-refractivity contribution in [2.24, 2.45) is 0 Å². The molecule has 28 heavy (non-hydrogen) atoms. The van der Waals surface area contributed by atoms with Crippen LogP contribution in [0.15, 0.2) is 69.9 Å². The van der Waals surface area contributed by atoms with Gasteiger partial charge < -0.3 is 19.0 Å². The first-order valence-corrected chi connectivity index (χ1v) is 8.55. The van der Waals surface area contributed by atoms with Crippen LogP contribution in [0.5, 0.6) is 11.5 Å². The summed E-state index contributed by atoms with van der Waals surface area (Å²) < 4.78 is 15.9. The van der Waals surface area contributed by atoms with Crippen LogP contribution in [0.2, 0.25) is 0 Å². The fraction of sp³-hybridized carbons (Fsp3) is 0.0909. The molecule has 0 aliphatic heterocycles. The van der Waals surface area contributed by atoms with Gasteiger partial charge in [-0.05, 0) is 35.0 Å². The Labute approximate surface area is 159 Å². The molecule has 0 spiro atoms. The molecule has 0 radical (unpaired) electrons. The maximum Gasteiger partial charge on any atom is 0.342 e. The Kier molecular flexibility index (Phi) is 4.45. The van der Waals surface area contributed by atoms with E-state index in [4.69, 9.17) is 13.9 Å². The van der Waals surface area contributed by atoms with Gasteiger partial charge in [0.25, 0.3) is 0 Å². The molecule has 1 N–H and O–H groups in total. The first-order chi connectivity index (χ1) is 13.5. The fourth-order valence-corrected chi connectivity index (χ4v) is 3.11. The molecule has 0 aliphatic carbocycles. The van der Waals surface area contributed by atoms with Crippen molar-refractivity contribution in [2.75, 3.05) is 7.11 Å². The summed E-state index contributed by atoms with van der Waals surface area (Å²) in [5, 5.41) is 12.0. The Morgan fingerprint density at radius 3 is 2.54 bits per heavy atom. The largest absolute Gasteiger partial charge is 0.508 e. The Balaban J connectivity index is 1.66. The molecule has 4 aromatic rings. The molecule has 0 fully saturated rings. The molecule has 0 bridgehead atoms. The van der Waals surface area contributed by atoms with Gasteiger partial charge in [0.2, 0.25) is 0 Å². The molecule has 4 rings (SSSR count). The molecule has 1 heterocycles. The van der Waals surface area contributed by atoms with Crippen LogP contribution in [0.25, 0.3) is 21.7 Å². The highest BCUT2D eigenvalue weighted by Crippen LogP contribution is 2.27. The van der Waals surface area contributed by atoms with Crippen molar-refractivity contribution in [1.82, 2.24) is 0 Å². The zero-order valence-corrected chi connectivity index (χ0v) is 15.0. The number of ether oxygens (including phenoxy) is 2. The summed E-state index contributed by atoms with van der Waals surface area (Å²) in [4.78, 5) is 24.4. The van der Waals surface area contributed by atoms with Crippen LogP contribution in [-0.2, 0) is 11.3 Å². The van der Waals surface area contributed by atoms with Crippen molar-refractivity contribution >= 4 is 27.7 Å². The summed E-state index contributed by atoms with van der Waals surface area (Å²) in [6, 6.07) is 16.8. The van der Waals surface area contributed by atoms with Crippen molar-refractivity contribution in [1.29, 1.82) is 0 Å². The number of benzene rings is 3. The molecule has 0 saturated carbocycles. The van der Waals surface area contributed by atoms with Crippen molar-refractivity contribution in [2.45, 2.75) is 6.61 Å². The molecule has 0 unspecified atom stereocenters. The van der Waals surface area contributed by atoms with Crippen molar-refractivity contribution < 1.29 is 23.8 Å². The number of rotatable bonds is 4. The highest BCUT2D eigenvalue weighted by atomic mass is 16.5. The number of fused-ring (bicyclic) bond motifs is 2. The van der Waals surface area contributed by atoms with Gasteiger partial charge in [0, 0.05) is 23.1 Å². The lowest BCUT2D eigenvalue weighted by Crippen LogP contribution is -2.09. The summed E-state index contributed by atoms with van der Waals surface area (Å²) in [5.74, 6) is -0.181. The van der Waals surface area contributed by atoms with Crippen LogP contribution in [0.4, 0.5) is 0 Å². The average Bonchev–Trinajstić information content (AvgIpc) is 2.70. The van der Waals surface area contributed by atoms with E-state index in [2.05, 4.69) is 0 Å². The van der Waals surface area contributed by atoms with E-state index in [0.717, 1.165) is 10.8 Å². The molecule has 6 nitrogen and oxygen atoms in total. The van der Waals surface area contributed by atoms with Gasteiger partial charge in [0.05, 0.1) is 7.11 Å². The van der Waals surface area contributed by atoms with Crippen LogP contribution >= 0.6 is 0 Å². The number of hydrogen-bond acceptors (Lipinski definition) is 6. The molecule has 3 aromatic carbocycles. The number of hydrogen-bond donors (Lipinski definition) is 1. The van der Waals surface area contributed by atoms with Crippen LogP contribution < -0.4 is 10.4 Å². The number of phenols is 1. The minimum atomic E-state index is -0.590. The molecular weight excluding hydrogens is 360 g/mol. The van der Waals surface area contributed by atoms with Crippen molar-refractivity contribution in [3.8, 4) is 11.5 Å². The Morgan fingerprint density at radius 1 is 1.04 bits per heavy atom. The zero-order chi connectivity index (χ0) is 19.7. The lowest BCUT2D eigenvalue weighted by atomic mass is 10.1. The normalized spacial score (nSPS) is 10.9. The van der Waals surface area contributed by atoms with Gasteiger partial charge in [0.15, 0.2) is 0 Å². The monoisotopic (exact) mass is 376 g/mol. The van der Waals surface area contributed by atoms with E-state index in [-0.39, 0.29) is 17.9 Å². The molecule has 0 aliphatic rings. The number of carbonyl (C=O) groups excluding carboxylic acids is 1. The third-order valence-electron chi connectivity index (χ3n) is 4.46. The predicted molar refractivity (Wildman–Crippen MR) is 104 cm³/mol. The summed E-state index contributed by atoms with van der Waals surface area (Å²) in [6.07, 6.45) is 0. The molecule has 140 valence electrons. The maximum absolute atomic E-state index is 12.7. The summed E-state index contributed by atoms with van der Waals surface area (Å²) in [7, 11) is 1.49. The van der Waals surface area contributed by atoms with Gasteiger partial charge in [-0.3, -0.25) is 0 Å². The van der Waals surface area contributed by atoms with Crippen LogP contribution in [-0.4, -0.2) is 18.2 Å². The fourth-order valence-electron chi connectivity index (χ4n) is 3.11. The number of phenolic OH excluding ortho intramolecular Hbond substituents is 1. The molecular formula is C22H16O6. The van der Waals surface area contributed by atoms with E-state index in [9.17, 15) is 14.7 Å². The average molecular weight is 376 g/mol. The summed E-state index contributed by atoms with van der Waals surface area (Å²) in [5.41, 5.74) is 0.416. The molecule has 1 aromatic heterocycles. The Hall–Kier alpha value is -3.80. The van der Waals surface area contributed by atoms with Gasteiger partial charge in [0.1, 0.15) is 29.3 Å². The second-order valence-corrected chi connectivity index (χ2v) is 6.25. The van der Waals surface area contributed by atoms with E-state index in [1.807, 2.05) is 24.3 Å². The summed E-state index contributed by atoms with van der Waals surface area (Å²) >= 11 is 0. The second-order valence-electron chi connectivity index (χ2n) is 6.25. The van der Waals surface area contributed by atoms with Crippen LogP contribution in [0.1, 0.15) is 15.9 Å². The highest BCUT2D eigenvalue weighted by Gasteiger charge is 2.16. The van der Waals surface area contributed by atoms with Gasteiger partial charge >= 0.3 is 11.6 Å². The van der Waals surface area contributed by atoms with Crippen LogP contribution in [0, 0.1) is 0 Å². The molecule has 0 amide bonds. The predicted octanol–water partition coefficient (Wildman–Crippen LogP) is 4.02. The third-order valence-corrected chi connectivity index (χ3v) is 4.46. The topological polar surface area (TPSA) is 86.0 Å². The van der Waals surface area contributed by atoms with E-state index in [0.29, 0.717) is 22.3 Å². The lowest BCUT2D eigenvalue weighted by Gasteiger charge is -2.11. The third kappa shape index (κ3) is 3.27. The minimum absolute atomic E-state index is 0.0225.